The Labute approximate surface area is 72.0 Å². The van der Waals surface area contributed by atoms with Crippen molar-refractivity contribution in [1.29, 1.82) is 0 Å². The lowest BCUT2D eigenvalue weighted by Gasteiger charge is -1.55. The summed E-state index contributed by atoms with van der Waals surface area (Å²) in [6.07, 6.45) is 0. The third-order valence-corrected chi connectivity index (χ3v) is 0. The van der Waals surface area contributed by atoms with E-state index < -0.39 is 18.3 Å². The van der Waals surface area contributed by atoms with Crippen molar-refractivity contribution in [3.05, 3.63) is 0 Å². The predicted molar refractivity (Wildman–Crippen MR) is 41.8 cm³/mol. The van der Waals surface area contributed by atoms with E-state index in [0.717, 1.165) is 0 Å². The molecule has 0 aromatic rings. The van der Waals surface area contributed by atoms with Gasteiger partial charge >= 0.3 is 18.3 Å². The molecule has 0 aromatic carbocycles. The van der Waals surface area contributed by atoms with E-state index in [4.69, 9.17) is 28.1 Å². The molecule has 10 nitrogen and oxygen atoms in total. The summed E-state index contributed by atoms with van der Waals surface area (Å²) in [7, 11) is -6.26. The fourth-order valence-corrected chi connectivity index (χ4v) is 0. The maximum atomic E-state index is 8.74. The molecule has 0 atom stereocenters. The van der Waals surface area contributed by atoms with Crippen LogP contribution in [0.1, 0.15) is 0 Å². The lowest BCUT2D eigenvalue weighted by atomic mass is 14.0. The van der Waals surface area contributed by atoms with E-state index in [2.05, 4.69) is 0 Å². The van der Waals surface area contributed by atoms with Crippen molar-refractivity contribution < 1.29 is 28.1 Å². The molecule has 80 valence electrons. The Balaban J connectivity index is -0.0000000112. The van der Waals surface area contributed by atoms with Crippen molar-refractivity contribution in [3.8, 4) is 0 Å². The van der Waals surface area contributed by atoms with Gasteiger partial charge in [0.15, 0.2) is 0 Å². The second-order valence-corrected chi connectivity index (χ2v) is 1.70. The van der Waals surface area contributed by atoms with E-state index in [1.54, 1.807) is 0 Å². The van der Waals surface area contributed by atoms with Crippen molar-refractivity contribution in [2.45, 2.75) is 0 Å². The Morgan fingerprint density at radius 1 is 0.583 bits per heavy atom. The molecule has 12 heteroatoms. The van der Waals surface area contributed by atoms with E-state index in [1.807, 2.05) is 0 Å². The van der Waals surface area contributed by atoms with Gasteiger partial charge in [-0.15, -0.1) is 0 Å². The average Bonchev–Trinajstić information content (AvgIpc) is 1.25. The zero-order chi connectivity index (χ0) is 7.15. The van der Waals surface area contributed by atoms with Crippen LogP contribution in [0.2, 0.25) is 0 Å². The molecule has 0 saturated carbocycles. The highest BCUT2D eigenvalue weighted by molar-refractivity contribution is 6.22. The molecule has 0 aromatic heterocycles. The summed E-state index contributed by atoms with van der Waals surface area (Å²) in [5.74, 6) is 0. The minimum Gasteiger partial charge on any atom is -0.511 e. The van der Waals surface area contributed by atoms with E-state index in [-0.39, 0.29) is 24.6 Å². The first-order chi connectivity index (χ1) is 3.46. The van der Waals surface area contributed by atoms with Crippen molar-refractivity contribution in [2.24, 2.45) is 0 Å². The Kier molecular flexibility index (Phi) is 117. The second kappa shape index (κ2) is 32.2. The molecule has 0 fully saturated rings. The summed E-state index contributed by atoms with van der Waals surface area (Å²) >= 11 is 0. The highest BCUT2D eigenvalue weighted by Gasteiger charge is 1.85. The zero-order valence-electron chi connectivity index (χ0n) is 6.43. The maximum absolute atomic E-state index is 8.74. The van der Waals surface area contributed by atoms with Crippen LogP contribution in [0.3, 0.4) is 0 Å². The van der Waals surface area contributed by atoms with Crippen molar-refractivity contribution in [1.82, 2.24) is 24.6 Å². The molecular weight excluding hydrogens is 208 g/mol. The first-order valence-electron chi connectivity index (χ1n) is 1.30. The average molecular weight is 224 g/mol. The monoisotopic (exact) mass is 224 g/mol. The minimum atomic E-state index is -3.13. The molecule has 0 rings (SSSR count). The van der Waals surface area contributed by atoms with E-state index in [1.165, 1.54) is 0 Å². The summed E-state index contributed by atoms with van der Waals surface area (Å²) in [6, 6.07) is 0. The van der Waals surface area contributed by atoms with Crippen LogP contribution in [0.15, 0.2) is 0 Å². The van der Waals surface area contributed by atoms with Gasteiger partial charge in [-0.1, -0.05) is 0 Å². The van der Waals surface area contributed by atoms with E-state index in [9.17, 15) is 0 Å². The molecule has 0 aliphatic carbocycles. The van der Waals surface area contributed by atoms with Crippen LogP contribution < -0.4 is 24.6 Å². The molecule has 0 radical (unpaired) electrons. The minimum absolute atomic E-state index is 0. The molecule has 0 amide bonds. The first kappa shape index (κ1) is 43.7. The molecule has 0 unspecified atom stereocenters. The molecule has 0 bridgehead atoms. The largest absolute Gasteiger partial charge is 0.761 e. The Bertz CT molecular complexity index is 75.5. The molecule has 0 aliphatic rings. The van der Waals surface area contributed by atoms with Crippen molar-refractivity contribution >= 4 is 18.3 Å². The van der Waals surface area contributed by atoms with Gasteiger partial charge in [-0.25, -0.2) is 0 Å². The molecule has 0 aliphatic heterocycles. The van der Waals surface area contributed by atoms with Crippen LogP contribution in [0.25, 0.3) is 0 Å². The normalized spacial score (nSPS) is 4.00. The molecule has 0 heterocycles. The van der Waals surface area contributed by atoms with Gasteiger partial charge in [0.05, 0.1) is 0 Å². The summed E-state index contributed by atoms with van der Waals surface area (Å²) < 4.78 is 17.5. The molecule has 16 N–H and O–H groups in total. The van der Waals surface area contributed by atoms with Crippen molar-refractivity contribution in [2.75, 3.05) is 0 Å². The van der Waals surface area contributed by atoms with Gasteiger partial charge in [-0.3, -0.25) is 8.92 Å². The number of hydrogen-bond acceptors (Lipinski definition) is 6. The van der Waals surface area contributed by atoms with Gasteiger partial charge in [0.25, 0.3) is 0 Å². The van der Waals surface area contributed by atoms with Gasteiger partial charge in [-0.2, -0.15) is 0 Å². The SMILES string of the molecule is N.N.N.N.O=[Si](O)O.O=[Si](O)O. The molecule has 12 heavy (non-hydrogen) atoms. The van der Waals surface area contributed by atoms with E-state index >= 15 is 0 Å². The lowest BCUT2D eigenvalue weighted by molar-refractivity contribution is 0.328. The molecular formula is H16N4O6Si2. The van der Waals surface area contributed by atoms with Crippen molar-refractivity contribution in [3.63, 3.8) is 0 Å². The van der Waals surface area contributed by atoms with Crippen LogP contribution in [0.4, 0.5) is 0 Å². The maximum Gasteiger partial charge on any atom is 0.761 e. The highest BCUT2D eigenvalue weighted by Crippen LogP contribution is 1.27. The smallest absolute Gasteiger partial charge is 0.511 e. The molecule has 0 saturated heterocycles. The fourth-order valence-electron chi connectivity index (χ4n) is 0. The van der Waals surface area contributed by atoms with Crippen LogP contribution in [-0.2, 0) is 8.92 Å². The third kappa shape index (κ3) is 689. The predicted octanol–water partition coefficient (Wildman–Crippen LogP) is -2.58. The van der Waals surface area contributed by atoms with Crippen LogP contribution >= 0.6 is 0 Å². The summed E-state index contributed by atoms with van der Waals surface area (Å²) in [4.78, 5) is 28.6. The lowest BCUT2D eigenvalue weighted by Crippen LogP contribution is -1.90. The topological polar surface area (TPSA) is 255 Å². The van der Waals surface area contributed by atoms with Crippen LogP contribution in [0, 0.1) is 0 Å². The third-order valence-electron chi connectivity index (χ3n) is 0. The zero-order valence-corrected chi connectivity index (χ0v) is 8.43. The van der Waals surface area contributed by atoms with Gasteiger partial charge in [0.1, 0.15) is 0 Å². The van der Waals surface area contributed by atoms with Gasteiger partial charge in [0.2, 0.25) is 0 Å². The van der Waals surface area contributed by atoms with Gasteiger partial charge in [-0.05, 0) is 0 Å². The van der Waals surface area contributed by atoms with E-state index in [0.29, 0.717) is 0 Å². The van der Waals surface area contributed by atoms with Gasteiger partial charge < -0.3 is 43.8 Å². The molecule has 0 spiro atoms. The Hall–Kier alpha value is -0.926. The quantitative estimate of drug-likeness (QED) is 0.199. The fraction of sp³-hybridized carbons (Fsp3) is 0. The summed E-state index contributed by atoms with van der Waals surface area (Å²) in [5.41, 5.74) is 0. The summed E-state index contributed by atoms with van der Waals surface area (Å²) in [5, 5.41) is 0. The second-order valence-electron chi connectivity index (χ2n) is 0.565. The van der Waals surface area contributed by atoms with Crippen LogP contribution in [0.5, 0.6) is 0 Å². The van der Waals surface area contributed by atoms with Crippen LogP contribution in [-0.4, -0.2) is 37.5 Å². The number of hydrogen-bond donors (Lipinski definition) is 8. The van der Waals surface area contributed by atoms with Gasteiger partial charge in [0, 0.05) is 0 Å². The Morgan fingerprint density at radius 3 is 0.583 bits per heavy atom. The standard InChI is InChI=1S/4H3N.2H2O3Si/c;;;;2*1-4(2)3/h4*1H3;2*1-2H. The Morgan fingerprint density at radius 2 is 0.583 bits per heavy atom. The first-order valence-corrected chi connectivity index (χ1v) is 3.91. The summed E-state index contributed by atoms with van der Waals surface area (Å²) in [6.45, 7) is 0. The highest BCUT2D eigenvalue weighted by atomic mass is 28.3. The number of rotatable bonds is 0.